The largest absolute Gasteiger partial charge is 0.322 e. The van der Waals surface area contributed by atoms with Crippen molar-refractivity contribution in [3.63, 3.8) is 0 Å². The van der Waals surface area contributed by atoms with Crippen molar-refractivity contribution < 1.29 is 17.6 Å². The Kier molecular flexibility index (Phi) is 5.97. The van der Waals surface area contributed by atoms with Crippen molar-refractivity contribution in [2.24, 2.45) is 0 Å². The van der Waals surface area contributed by atoms with E-state index >= 15 is 0 Å². The van der Waals surface area contributed by atoms with Crippen LogP contribution in [0.5, 0.6) is 0 Å². The van der Waals surface area contributed by atoms with Crippen molar-refractivity contribution in [2.45, 2.75) is 6.92 Å². The van der Waals surface area contributed by atoms with Gasteiger partial charge in [0.05, 0.1) is 17.5 Å². The first-order chi connectivity index (χ1) is 15.7. The summed E-state index contributed by atoms with van der Waals surface area (Å²) in [6, 6.07) is 19.8. The summed E-state index contributed by atoms with van der Waals surface area (Å²) in [4.78, 5) is 13.2. The van der Waals surface area contributed by atoms with Crippen LogP contribution in [0.25, 0.3) is 16.9 Å². The molecule has 1 heterocycles. The molecule has 0 radical (unpaired) electrons. The molecule has 0 aliphatic heterocycles. The predicted molar refractivity (Wildman–Crippen MR) is 127 cm³/mol. The summed E-state index contributed by atoms with van der Waals surface area (Å²) < 4.78 is 40.0. The Morgan fingerprint density at radius 1 is 0.970 bits per heavy atom. The summed E-state index contributed by atoms with van der Waals surface area (Å²) >= 11 is 0. The third kappa shape index (κ3) is 5.45. The number of anilines is 2. The van der Waals surface area contributed by atoms with Gasteiger partial charge in [0.1, 0.15) is 11.5 Å². The maximum atomic E-state index is 13.4. The number of aryl methyl sites for hydroxylation is 1. The lowest BCUT2D eigenvalue weighted by atomic mass is 10.1. The van der Waals surface area contributed by atoms with E-state index in [1.165, 1.54) is 16.8 Å². The number of halogens is 1. The number of nitrogens with one attached hydrogen (secondary N) is 2. The van der Waals surface area contributed by atoms with Gasteiger partial charge in [-0.2, -0.15) is 5.10 Å². The lowest BCUT2D eigenvalue weighted by Crippen LogP contribution is -2.13. The molecule has 0 bridgehead atoms. The second-order valence-corrected chi connectivity index (χ2v) is 9.34. The Balaban J connectivity index is 1.67. The maximum absolute atomic E-state index is 13.4. The van der Waals surface area contributed by atoms with Crippen molar-refractivity contribution in [3.8, 4) is 16.9 Å². The van der Waals surface area contributed by atoms with E-state index < -0.39 is 10.0 Å². The Morgan fingerprint density at radius 2 is 1.64 bits per heavy atom. The number of benzene rings is 3. The van der Waals surface area contributed by atoms with E-state index in [-0.39, 0.29) is 11.7 Å². The van der Waals surface area contributed by atoms with Crippen molar-refractivity contribution in [2.75, 3.05) is 16.3 Å². The number of sulfonamides is 1. The molecule has 0 fully saturated rings. The smallest absolute Gasteiger partial charge is 0.259 e. The van der Waals surface area contributed by atoms with Gasteiger partial charge >= 0.3 is 0 Å². The Hall–Kier alpha value is -3.98. The van der Waals surface area contributed by atoms with Crippen molar-refractivity contribution >= 4 is 27.3 Å². The molecule has 0 saturated carbocycles. The van der Waals surface area contributed by atoms with Crippen LogP contribution >= 0.6 is 0 Å². The fourth-order valence-corrected chi connectivity index (χ4v) is 3.87. The highest BCUT2D eigenvalue weighted by molar-refractivity contribution is 7.92. The fraction of sp³-hybridized carbons (Fsp3) is 0.0833. The topological polar surface area (TPSA) is 93.1 Å². The molecule has 0 aliphatic carbocycles. The van der Waals surface area contributed by atoms with Gasteiger partial charge in [0.25, 0.3) is 5.91 Å². The van der Waals surface area contributed by atoms with E-state index in [0.717, 1.165) is 17.4 Å². The molecular formula is C24H21FN4O3S. The highest BCUT2D eigenvalue weighted by atomic mass is 32.2. The molecule has 0 saturated heterocycles. The minimum atomic E-state index is -3.39. The molecule has 3 aromatic carbocycles. The molecule has 1 amide bonds. The van der Waals surface area contributed by atoms with Crippen LogP contribution in [0.1, 0.15) is 15.9 Å². The summed E-state index contributed by atoms with van der Waals surface area (Å²) in [5.41, 5.74) is 4.10. The van der Waals surface area contributed by atoms with Crippen LogP contribution in [0.2, 0.25) is 0 Å². The zero-order valence-electron chi connectivity index (χ0n) is 17.9. The molecular weight excluding hydrogens is 443 g/mol. The van der Waals surface area contributed by atoms with Gasteiger partial charge in [0.2, 0.25) is 10.0 Å². The maximum Gasteiger partial charge on any atom is 0.259 e. The SMILES string of the molecule is Cc1cccc(-c2nn(-c3ccc(F)cc3)cc2C(=O)Nc2ccc(NS(C)(=O)=O)cc2)c1. The van der Waals surface area contributed by atoms with Crippen LogP contribution in [0.3, 0.4) is 0 Å². The molecule has 4 aromatic rings. The van der Waals surface area contributed by atoms with Crippen LogP contribution in [0.15, 0.2) is 79.0 Å². The molecule has 0 unspecified atom stereocenters. The number of amides is 1. The van der Waals surface area contributed by atoms with Gasteiger partial charge in [-0.3, -0.25) is 9.52 Å². The number of rotatable bonds is 6. The lowest BCUT2D eigenvalue weighted by molar-refractivity contribution is 0.102. The molecule has 1 aromatic heterocycles. The van der Waals surface area contributed by atoms with Crippen LogP contribution < -0.4 is 10.0 Å². The van der Waals surface area contributed by atoms with Crippen molar-refractivity contribution in [3.05, 3.63) is 95.9 Å². The summed E-state index contributed by atoms with van der Waals surface area (Å²) in [5.74, 6) is -0.750. The molecule has 0 spiro atoms. The van der Waals surface area contributed by atoms with Crippen LogP contribution in [0.4, 0.5) is 15.8 Å². The Morgan fingerprint density at radius 3 is 2.27 bits per heavy atom. The highest BCUT2D eigenvalue weighted by Crippen LogP contribution is 2.26. The summed E-state index contributed by atoms with van der Waals surface area (Å²) in [6.07, 6.45) is 2.66. The van der Waals surface area contributed by atoms with E-state index in [1.807, 2.05) is 31.2 Å². The summed E-state index contributed by atoms with van der Waals surface area (Å²) in [5, 5.41) is 7.41. The Bertz CT molecular complexity index is 1410. The van der Waals surface area contributed by atoms with Gasteiger partial charge in [0, 0.05) is 23.1 Å². The number of hydrogen-bond acceptors (Lipinski definition) is 4. The second-order valence-electron chi connectivity index (χ2n) is 7.59. The van der Waals surface area contributed by atoms with E-state index in [0.29, 0.717) is 28.3 Å². The Labute approximate surface area is 190 Å². The van der Waals surface area contributed by atoms with Crippen molar-refractivity contribution in [1.29, 1.82) is 0 Å². The van der Waals surface area contributed by atoms with Crippen LogP contribution in [-0.2, 0) is 10.0 Å². The van der Waals surface area contributed by atoms with Gasteiger partial charge in [0.15, 0.2) is 0 Å². The highest BCUT2D eigenvalue weighted by Gasteiger charge is 2.19. The first kappa shape index (κ1) is 22.2. The minimum absolute atomic E-state index is 0.336. The average molecular weight is 465 g/mol. The molecule has 0 aliphatic rings. The predicted octanol–water partition coefficient (Wildman–Crippen LogP) is 4.61. The summed E-state index contributed by atoms with van der Waals surface area (Å²) in [6.45, 7) is 1.95. The van der Waals surface area contributed by atoms with E-state index in [9.17, 15) is 17.6 Å². The number of carbonyl (C=O) groups excluding carboxylic acids is 1. The number of aromatic nitrogens is 2. The lowest BCUT2D eigenvalue weighted by Gasteiger charge is -2.08. The molecule has 0 atom stereocenters. The molecule has 7 nitrogen and oxygen atoms in total. The summed E-state index contributed by atoms with van der Waals surface area (Å²) in [7, 11) is -3.39. The number of carbonyl (C=O) groups is 1. The van der Waals surface area contributed by atoms with Crippen LogP contribution in [-0.4, -0.2) is 30.4 Å². The third-order valence-corrected chi connectivity index (χ3v) is 5.39. The van der Waals surface area contributed by atoms with E-state index in [4.69, 9.17) is 0 Å². The minimum Gasteiger partial charge on any atom is -0.322 e. The van der Waals surface area contributed by atoms with E-state index in [1.54, 1.807) is 42.6 Å². The molecule has 4 rings (SSSR count). The zero-order chi connectivity index (χ0) is 23.6. The molecule has 9 heteroatoms. The van der Waals surface area contributed by atoms with Crippen LogP contribution in [0, 0.1) is 12.7 Å². The van der Waals surface area contributed by atoms with E-state index in [2.05, 4.69) is 15.1 Å². The van der Waals surface area contributed by atoms with Gasteiger partial charge < -0.3 is 5.32 Å². The first-order valence-electron chi connectivity index (χ1n) is 10.00. The first-order valence-corrected chi connectivity index (χ1v) is 11.9. The standard InChI is InChI=1S/C24H21FN4O3S/c1-16-4-3-5-17(14-16)23-22(15-29(27-23)21-12-6-18(25)7-13-21)24(30)26-19-8-10-20(11-9-19)28-33(2,31)32/h3-15,28H,1-2H3,(H,26,30). The second kappa shape index (κ2) is 8.87. The number of hydrogen-bond donors (Lipinski definition) is 2. The molecule has 2 N–H and O–H groups in total. The van der Waals surface area contributed by atoms with Gasteiger partial charge in [-0.05, 0) is 61.5 Å². The third-order valence-electron chi connectivity index (χ3n) is 4.79. The molecule has 33 heavy (non-hydrogen) atoms. The zero-order valence-corrected chi connectivity index (χ0v) is 18.7. The normalized spacial score (nSPS) is 11.2. The average Bonchev–Trinajstić information content (AvgIpc) is 3.20. The van der Waals surface area contributed by atoms with Gasteiger partial charge in [-0.1, -0.05) is 23.8 Å². The van der Waals surface area contributed by atoms with Crippen molar-refractivity contribution in [1.82, 2.24) is 9.78 Å². The van der Waals surface area contributed by atoms with Gasteiger partial charge in [-0.15, -0.1) is 0 Å². The van der Waals surface area contributed by atoms with Gasteiger partial charge in [-0.25, -0.2) is 17.5 Å². The fourth-order valence-electron chi connectivity index (χ4n) is 3.31. The molecule has 168 valence electrons. The number of nitrogens with zero attached hydrogens (tertiary/aromatic N) is 2. The quantitative estimate of drug-likeness (QED) is 0.436. The monoisotopic (exact) mass is 464 g/mol.